The van der Waals surface area contributed by atoms with Gasteiger partial charge in [0.15, 0.2) is 0 Å². The number of alkyl halides is 1. The third-order valence-corrected chi connectivity index (χ3v) is 4.66. The molecule has 2 aromatic carbocycles. The standard InChI is InChI=1S/C15H13BrCl2O2/c1-19-12-8-7-10(15(20-2)14(12)18)13(16)9-5-3-4-6-11(9)17/h3-8,13H,1-2H3. The molecular formula is C15H13BrCl2O2. The van der Waals surface area contributed by atoms with E-state index < -0.39 is 0 Å². The lowest BCUT2D eigenvalue weighted by Gasteiger charge is -2.18. The molecule has 0 amide bonds. The average Bonchev–Trinajstić information content (AvgIpc) is 2.46. The van der Waals surface area contributed by atoms with Gasteiger partial charge in [0, 0.05) is 10.6 Å². The molecule has 0 N–H and O–H groups in total. The second-order valence-electron chi connectivity index (χ2n) is 4.09. The van der Waals surface area contributed by atoms with Crippen molar-refractivity contribution in [3.05, 3.63) is 57.6 Å². The molecule has 0 spiro atoms. The molecule has 5 heteroatoms. The van der Waals surface area contributed by atoms with Gasteiger partial charge in [-0.3, -0.25) is 0 Å². The van der Waals surface area contributed by atoms with Crippen molar-refractivity contribution in [3.8, 4) is 11.5 Å². The maximum Gasteiger partial charge on any atom is 0.145 e. The molecule has 20 heavy (non-hydrogen) atoms. The molecule has 0 saturated heterocycles. The maximum absolute atomic E-state index is 6.28. The predicted octanol–water partition coefficient (Wildman–Crippen LogP) is 5.49. The highest BCUT2D eigenvalue weighted by Gasteiger charge is 2.21. The van der Waals surface area contributed by atoms with Crippen LogP contribution in [0.5, 0.6) is 11.5 Å². The lowest BCUT2D eigenvalue weighted by Crippen LogP contribution is -1.99. The van der Waals surface area contributed by atoms with Crippen LogP contribution in [0.25, 0.3) is 0 Å². The zero-order valence-electron chi connectivity index (χ0n) is 11.0. The lowest BCUT2D eigenvalue weighted by atomic mass is 10.0. The Hall–Kier alpha value is -0.900. The number of ether oxygens (including phenoxy) is 2. The summed E-state index contributed by atoms with van der Waals surface area (Å²) in [6.45, 7) is 0. The van der Waals surface area contributed by atoms with Gasteiger partial charge in [0.1, 0.15) is 16.5 Å². The van der Waals surface area contributed by atoms with Crippen LogP contribution in [0, 0.1) is 0 Å². The van der Waals surface area contributed by atoms with Crippen molar-refractivity contribution in [1.29, 1.82) is 0 Å². The van der Waals surface area contributed by atoms with Gasteiger partial charge < -0.3 is 9.47 Å². The number of rotatable bonds is 4. The van der Waals surface area contributed by atoms with Crippen molar-refractivity contribution in [2.75, 3.05) is 14.2 Å². The number of hydrogen-bond donors (Lipinski definition) is 0. The largest absolute Gasteiger partial charge is 0.495 e. The van der Waals surface area contributed by atoms with Crippen molar-refractivity contribution >= 4 is 39.1 Å². The third kappa shape index (κ3) is 2.90. The summed E-state index contributed by atoms with van der Waals surface area (Å²) in [5.41, 5.74) is 1.85. The highest BCUT2D eigenvalue weighted by atomic mass is 79.9. The van der Waals surface area contributed by atoms with Gasteiger partial charge in [-0.1, -0.05) is 63.4 Å². The number of hydrogen-bond acceptors (Lipinski definition) is 2. The smallest absolute Gasteiger partial charge is 0.145 e. The van der Waals surface area contributed by atoms with Crippen LogP contribution in [0.1, 0.15) is 16.0 Å². The predicted molar refractivity (Wildman–Crippen MR) is 86.8 cm³/mol. The Labute approximate surface area is 136 Å². The van der Waals surface area contributed by atoms with Gasteiger partial charge in [0.2, 0.25) is 0 Å². The van der Waals surface area contributed by atoms with Gasteiger partial charge >= 0.3 is 0 Å². The van der Waals surface area contributed by atoms with Gasteiger partial charge in [0.05, 0.1) is 19.0 Å². The van der Waals surface area contributed by atoms with Gasteiger partial charge in [-0.2, -0.15) is 0 Å². The quantitative estimate of drug-likeness (QED) is 0.657. The lowest BCUT2D eigenvalue weighted by molar-refractivity contribution is 0.392. The molecule has 1 unspecified atom stereocenters. The summed E-state index contributed by atoms with van der Waals surface area (Å²) in [5, 5.41) is 1.13. The molecule has 2 rings (SSSR count). The molecule has 0 radical (unpaired) electrons. The average molecular weight is 376 g/mol. The van der Waals surface area contributed by atoms with E-state index in [-0.39, 0.29) is 4.83 Å². The summed E-state index contributed by atoms with van der Waals surface area (Å²) in [7, 11) is 3.15. The minimum absolute atomic E-state index is 0.116. The first kappa shape index (κ1) is 15.5. The van der Waals surface area contributed by atoms with E-state index >= 15 is 0 Å². The van der Waals surface area contributed by atoms with Crippen LogP contribution in [0.15, 0.2) is 36.4 Å². The highest BCUT2D eigenvalue weighted by molar-refractivity contribution is 9.09. The summed E-state index contributed by atoms with van der Waals surface area (Å²) >= 11 is 16.2. The SMILES string of the molecule is COc1ccc(C(Br)c2ccccc2Cl)c(OC)c1Cl. The zero-order chi connectivity index (χ0) is 14.7. The van der Waals surface area contributed by atoms with Crippen LogP contribution in [-0.4, -0.2) is 14.2 Å². The van der Waals surface area contributed by atoms with E-state index in [2.05, 4.69) is 15.9 Å². The fourth-order valence-electron chi connectivity index (χ4n) is 1.97. The third-order valence-electron chi connectivity index (χ3n) is 2.97. The maximum atomic E-state index is 6.28. The second kappa shape index (κ2) is 6.70. The molecule has 106 valence electrons. The molecule has 2 nitrogen and oxygen atoms in total. The van der Waals surface area contributed by atoms with Crippen LogP contribution in [-0.2, 0) is 0 Å². The Morgan fingerprint density at radius 2 is 1.65 bits per heavy atom. The Balaban J connectivity index is 2.53. The fraction of sp³-hybridized carbons (Fsp3) is 0.200. The molecule has 0 aliphatic carbocycles. The van der Waals surface area contributed by atoms with E-state index in [1.54, 1.807) is 14.2 Å². The van der Waals surface area contributed by atoms with Gasteiger partial charge in [-0.05, 0) is 17.7 Å². The molecular weight excluding hydrogens is 363 g/mol. The van der Waals surface area contributed by atoms with Crippen molar-refractivity contribution in [3.63, 3.8) is 0 Å². The summed E-state index contributed by atoms with van der Waals surface area (Å²) in [5.74, 6) is 1.15. The zero-order valence-corrected chi connectivity index (χ0v) is 14.1. The summed E-state index contributed by atoms with van der Waals surface area (Å²) in [6.07, 6.45) is 0. The summed E-state index contributed by atoms with van der Waals surface area (Å²) in [6, 6.07) is 11.4. The Morgan fingerprint density at radius 3 is 2.25 bits per heavy atom. The fourth-order valence-corrected chi connectivity index (χ4v) is 3.43. The molecule has 0 bridgehead atoms. The molecule has 1 atom stereocenters. The highest BCUT2D eigenvalue weighted by Crippen LogP contribution is 2.45. The monoisotopic (exact) mass is 374 g/mol. The number of halogens is 3. The Kier molecular flexibility index (Phi) is 5.19. The van der Waals surface area contributed by atoms with Crippen molar-refractivity contribution in [2.24, 2.45) is 0 Å². The van der Waals surface area contributed by atoms with Gasteiger partial charge in [-0.15, -0.1) is 0 Å². The van der Waals surface area contributed by atoms with E-state index in [0.29, 0.717) is 21.5 Å². The molecule has 0 aliphatic heterocycles. The van der Waals surface area contributed by atoms with Gasteiger partial charge in [-0.25, -0.2) is 0 Å². The van der Waals surface area contributed by atoms with Crippen LogP contribution in [0.2, 0.25) is 10.0 Å². The van der Waals surface area contributed by atoms with E-state index in [0.717, 1.165) is 11.1 Å². The Bertz CT molecular complexity index is 617. The van der Waals surface area contributed by atoms with Gasteiger partial charge in [0.25, 0.3) is 0 Å². The molecule has 2 aromatic rings. The normalized spacial score (nSPS) is 12.1. The van der Waals surface area contributed by atoms with Crippen LogP contribution >= 0.6 is 39.1 Å². The van der Waals surface area contributed by atoms with E-state index in [9.17, 15) is 0 Å². The first-order valence-corrected chi connectivity index (χ1v) is 7.56. The molecule has 0 heterocycles. The van der Waals surface area contributed by atoms with Crippen LogP contribution < -0.4 is 9.47 Å². The minimum atomic E-state index is -0.116. The van der Waals surface area contributed by atoms with Crippen molar-refractivity contribution in [1.82, 2.24) is 0 Å². The number of methoxy groups -OCH3 is 2. The first-order valence-electron chi connectivity index (χ1n) is 5.89. The Morgan fingerprint density at radius 1 is 0.950 bits per heavy atom. The van der Waals surface area contributed by atoms with Crippen LogP contribution in [0.4, 0.5) is 0 Å². The van der Waals surface area contributed by atoms with Crippen LogP contribution in [0.3, 0.4) is 0 Å². The second-order valence-corrected chi connectivity index (χ2v) is 5.79. The summed E-state index contributed by atoms with van der Waals surface area (Å²) < 4.78 is 10.6. The van der Waals surface area contributed by atoms with Crippen molar-refractivity contribution in [2.45, 2.75) is 4.83 Å². The number of benzene rings is 2. The molecule has 0 fully saturated rings. The molecule has 0 aliphatic rings. The molecule has 0 aromatic heterocycles. The molecule has 0 saturated carbocycles. The summed E-state index contributed by atoms with van der Waals surface area (Å²) in [4.78, 5) is -0.116. The minimum Gasteiger partial charge on any atom is -0.495 e. The van der Waals surface area contributed by atoms with E-state index in [4.69, 9.17) is 32.7 Å². The van der Waals surface area contributed by atoms with E-state index in [1.807, 2.05) is 36.4 Å². The first-order chi connectivity index (χ1) is 9.60. The van der Waals surface area contributed by atoms with Crippen molar-refractivity contribution < 1.29 is 9.47 Å². The topological polar surface area (TPSA) is 18.5 Å². The van der Waals surface area contributed by atoms with E-state index in [1.165, 1.54) is 0 Å².